The van der Waals surface area contributed by atoms with E-state index in [0.29, 0.717) is 19.0 Å². The molecule has 0 aromatic rings. The summed E-state index contributed by atoms with van der Waals surface area (Å²) in [5.74, 6) is 0.113. The maximum absolute atomic E-state index is 11.3. The topological polar surface area (TPSA) is 58.4 Å². The Kier molecular flexibility index (Phi) is 3.59. The van der Waals surface area contributed by atoms with Crippen molar-refractivity contribution in [3.63, 3.8) is 0 Å². The maximum Gasteiger partial charge on any atom is 0.221 e. The Morgan fingerprint density at radius 2 is 1.93 bits per heavy atom. The van der Waals surface area contributed by atoms with Crippen LogP contribution in [0.1, 0.15) is 32.1 Å². The second kappa shape index (κ2) is 4.94. The zero-order valence-corrected chi connectivity index (χ0v) is 9.24. The van der Waals surface area contributed by atoms with Crippen LogP contribution in [0.5, 0.6) is 0 Å². The van der Waals surface area contributed by atoms with E-state index in [1.807, 2.05) is 0 Å². The van der Waals surface area contributed by atoms with Crippen LogP contribution in [0.25, 0.3) is 0 Å². The van der Waals surface area contributed by atoms with Crippen molar-refractivity contribution in [2.45, 2.75) is 44.2 Å². The van der Waals surface area contributed by atoms with Gasteiger partial charge in [0.05, 0.1) is 0 Å². The van der Waals surface area contributed by atoms with Gasteiger partial charge >= 0.3 is 0 Å². The van der Waals surface area contributed by atoms with Crippen LogP contribution in [-0.2, 0) is 4.79 Å². The molecule has 1 saturated heterocycles. The van der Waals surface area contributed by atoms with E-state index in [-0.39, 0.29) is 5.91 Å². The number of piperidine rings is 1. The van der Waals surface area contributed by atoms with E-state index in [1.165, 1.54) is 12.8 Å². The van der Waals surface area contributed by atoms with Crippen molar-refractivity contribution in [2.24, 2.45) is 5.73 Å². The largest absolute Gasteiger partial charge is 0.353 e. The Hall–Kier alpha value is -0.610. The molecule has 3 N–H and O–H groups in total. The predicted octanol–water partition coefficient (Wildman–Crippen LogP) is 0.0782. The number of hydrogen-bond donors (Lipinski definition) is 2. The molecule has 1 aliphatic carbocycles. The van der Waals surface area contributed by atoms with Crippen molar-refractivity contribution < 1.29 is 4.79 Å². The molecule has 86 valence electrons. The number of likely N-dealkylation sites (tertiary alicyclic amines) is 1. The molecule has 0 aromatic heterocycles. The molecule has 0 aromatic carbocycles. The minimum atomic E-state index is 0.113. The quantitative estimate of drug-likeness (QED) is 0.692. The number of nitrogens with zero attached hydrogens (tertiary/aromatic N) is 1. The normalized spacial score (nSPS) is 24.1. The van der Waals surface area contributed by atoms with Gasteiger partial charge in [0.25, 0.3) is 0 Å². The lowest BCUT2D eigenvalue weighted by atomic mass is 10.0. The second-order valence-electron chi connectivity index (χ2n) is 4.65. The summed E-state index contributed by atoms with van der Waals surface area (Å²) >= 11 is 0. The van der Waals surface area contributed by atoms with Crippen molar-refractivity contribution in [1.29, 1.82) is 0 Å². The molecule has 0 bridgehead atoms. The Morgan fingerprint density at radius 3 is 2.47 bits per heavy atom. The molecule has 0 unspecified atom stereocenters. The molecule has 4 nitrogen and oxygen atoms in total. The van der Waals surface area contributed by atoms with Crippen LogP contribution in [0, 0.1) is 0 Å². The third kappa shape index (κ3) is 3.18. The number of rotatable bonds is 4. The minimum absolute atomic E-state index is 0.113. The average Bonchev–Trinajstić information content (AvgIpc) is 3.03. The van der Waals surface area contributed by atoms with Crippen molar-refractivity contribution >= 4 is 5.91 Å². The van der Waals surface area contributed by atoms with Gasteiger partial charge in [0.2, 0.25) is 5.91 Å². The van der Waals surface area contributed by atoms with E-state index < -0.39 is 0 Å². The number of carbonyl (C=O) groups is 1. The lowest BCUT2D eigenvalue weighted by Gasteiger charge is -2.32. The number of carbonyl (C=O) groups excluding carboxylic acids is 1. The van der Waals surface area contributed by atoms with Crippen molar-refractivity contribution in [3.8, 4) is 0 Å². The van der Waals surface area contributed by atoms with E-state index in [4.69, 9.17) is 5.73 Å². The number of hydrogen-bond acceptors (Lipinski definition) is 3. The van der Waals surface area contributed by atoms with E-state index in [0.717, 1.165) is 32.0 Å². The number of nitrogens with one attached hydrogen (secondary N) is 1. The van der Waals surface area contributed by atoms with Gasteiger partial charge in [-0.3, -0.25) is 4.79 Å². The molecule has 0 radical (unpaired) electrons. The smallest absolute Gasteiger partial charge is 0.221 e. The lowest BCUT2D eigenvalue weighted by molar-refractivity contribution is -0.121. The second-order valence-corrected chi connectivity index (χ2v) is 4.65. The molecule has 2 rings (SSSR count). The van der Waals surface area contributed by atoms with E-state index in [1.54, 1.807) is 0 Å². The molecule has 1 amide bonds. The predicted molar refractivity (Wildman–Crippen MR) is 59.4 cm³/mol. The molecule has 2 fully saturated rings. The average molecular weight is 211 g/mol. The third-order valence-corrected chi connectivity index (χ3v) is 3.33. The van der Waals surface area contributed by atoms with Gasteiger partial charge in [0, 0.05) is 38.1 Å². The standard InChI is InChI=1S/C11H21N3O/c12-6-3-11(15)13-9-4-7-14(8-5-9)10-1-2-10/h9-10H,1-8,12H2,(H,13,15). The molecule has 0 spiro atoms. The highest BCUT2D eigenvalue weighted by Gasteiger charge is 2.31. The van der Waals surface area contributed by atoms with Crippen LogP contribution in [0.15, 0.2) is 0 Å². The summed E-state index contributed by atoms with van der Waals surface area (Å²) in [6.45, 7) is 2.75. The minimum Gasteiger partial charge on any atom is -0.353 e. The SMILES string of the molecule is NCCC(=O)NC1CCN(C2CC2)CC1. The van der Waals surface area contributed by atoms with Crippen molar-refractivity contribution in [1.82, 2.24) is 10.2 Å². The first-order valence-corrected chi connectivity index (χ1v) is 6.03. The summed E-state index contributed by atoms with van der Waals surface area (Å²) < 4.78 is 0. The van der Waals surface area contributed by atoms with E-state index >= 15 is 0 Å². The third-order valence-electron chi connectivity index (χ3n) is 3.33. The van der Waals surface area contributed by atoms with Gasteiger partial charge < -0.3 is 16.0 Å². The molecule has 0 atom stereocenters. The highest BCUT2D eigenvalue weighted by Crippen LogP contribution is 2.29. The Labute approximate surface area is 91.2 Å². The van der Waals surface area contributed by atoms with Crippen molar-refractivity contribution in [3.05, 3.63) is 0 Å². The molecule has 15 heavy (non-hydrogen) atoms. The molecule has 1 aliphatic heterocycles. The molecule has 2 aliphatic rings. The fourth-order valence-corrected chi connectivity index (χ4v) is 2.28. The van der Waals surface area contributed by atoms with Crippen LogP contribution in [0.4, 0.5) is 0 Å². The summed E-state index contributed by atoms with van der Waals surface area (Å²) in [7, 11) is 0. The van der Waals surface area contributed by atoms with Gasteiger partial charge in [0.1, 0.15) is 0 Å². The molecule has 1 saturated carbocycles. The first kappa shape index (κ1) is 10.9. The van der Waals surface area contributed by atoms with Crippen molar-refractivity contribution in [2.75, 3.05) is 19.6 Å². The van der Waals surface area contributed by atoms with Crippen LogP contribution in [-0.4, -0.2) is 42.5 Å². The van der Waals surface area contributed by atoms with E-state index in [9.17, 15) is 4.79 Å². The summed E-state index contributed by atoms with van der Waals surface area (Å²) in [6, 6.07) is 1.25. The monoisotopic (exact) mass is 211 g/mol. The summed E-state index contributed by atoms with van der Waals surface area (Å²) in [6.07, 6.45) is 5.43. The number of nitrogens with two attached hydrogens (primary N) is 1. The summed E-state index contributed by atoms with van der Waals surface area (Å²) in [4.78, 5) is 13.9. The highest BCUT2D eigenvalue weighted by atomic mass is 16.1. The van der Waals surface area contributed by atoms with Gasteiger partial charge in [-0.1, -0.05) is 0 Å². The molecular formula is C11H21N3O. The fourth-order valence-electron chi connectivity index (χ4n) is 2.28. The maximum atomic E-state index is 11.3. The van der Waals surface area contributed by atoms with Gasteiger partial charge in [-0.2, -0.15) is 0 Å². The van der Waals surface area contributed by atoms with Crippen LogP contribution in [0.3, 0.4) is 0 Å². The van der Waals surface area contributed by atoms with Gasteiger partial charge in [-0.05, 0) is 25.7 Å². The lowest BCUT2D eigenvalue weighted by Crippen LogP contribution is -2.45. The van der Waals surface area contributed by atoms with Gasteiger partial charge in [0.15, 0.2) is 0 Å². The first-order valence-electron chi connectivity index (χ1n) is 6.03. The molecular weight excluding hydrogens is 190 g/mol. The summed E-state index contributed by atoms with van der Waals surface area (Å²) in [5, 5.41) is 3.05. The van der Waals surface area contributed by atoms with Crippen LogP contribution < -0.4 is 11.1 Å². The molecule has 1 heterocycles. The Morgan fingerprint density at radius 1 is 1.27 bits per heavy atom. The Balaban J connectivity index is 1.66. The summed E-state index contributed by atoms with van der Waals surface area (Å²) in [5.41, 5.74) is 5.34. The zero-order chi connectivity index (χ0) is 10.7. The van der Waals surface area contributed by atoms with E-state index in [2.05, 4.69) is 10.2 Å². The highest BCUT2D eigenvalue weighted by molar-refractivity contribution is 5.76. The first-order chi connectivity index (χ1) is 7.29. The van der Waals surface area contributed by atoms with Crippen LogP contribution >= 0.6 is 0 Å². The number of amides is 1. The Bertz CT molecular complexity index is 220. The van der Waals surface area contributed by atoms with Crippen LogP contribution in [0.2, 0.25) is 0 Å². The zero-order valence-electron chi connectivity index (χ0n) is 9.24. The van der Waals surface area contributed by atoms with Gasteiger partial charge in [-0.15, -0.1) is 0 Å². The fraction of sp³-hybridized carbons (Fsp3) is 0.909. The van der Waals surface area contributed by atoms with Gasteiger partial charge in [-0.25, -0.2) is 0 Å². The molecule has 4 heteroatoms.